The number of pyridine rings is 1. The van der Waals surface area contributed by atoms with E-state index in [2.05, 4.69) is 25.6 Å². The highest BCUT2D eigenvalue weighted by atomic mass is 16.5. The molecule has 4 rings (SSSR count). The first-order chi connectivity index (χ1) is 10.8. The zero-order valence-electron chi connectivity index (χ0n) is 12.6. The molecule has 0 bridgehead atoms. The first-order valence-corrected chi connectivity index (χ1v) is 7.76. The van der Waals surface area contributed by atoms with Gasteiger partial charge in [0.25, 0.3) is 0 Å². The Labute approximate surface area is 128 Å². The lowest BCUT2D eigenvalue weighted by Crippen LogP contribution is -2.33. The largest absolute Gasteiger partial charge is 0.338 e. The zero-order valence-corrected chi connectivity index (χ0v) is 12.6. The van der Waals surface area contributed by atoms with E-state index in [1.165, 1.54) is 12.8 Å². The predicted octanol–water partition coefficient (Wildman–Crippen LogP) is 2.75. The number of likely N-dealkylation sites (tertiary alicyclic amines) is 1. The number of imidazole rings is 1. The number of hydrogen-bond donors (Lipinski definition) is 0. The van der Waals surface area contributed by atoms with Crippen LogP contribution in [0, 0.1) is 6.92 Å². The van der Waals surface area contributed by atoms with Gasteiger partial charge in [-0.1, -0.05) is 17.6 Å². The van der Waals surface area contributed by atoms with Crippen molar-refractivity contribution in [1.82, 2.24) is 24.4 Å². The van der Waals surface area contributed by atoms with Gasteiger partial charge in [-0.15, -0.1) is 0 Å². The second-order valence-electron chi connectivity index (χ2n) is 5.86. The monoisotopic (exact) mass is 297 g/mol. The summed E-state index contributed by atoms with van der Waals surface area (Å²) in [6, 6.07) is 6.26. The first-order valence-electron chi connectivity index (χ1n) is 7.76. The van der Waals surface area contributed by atoms with Crippen molar-refractivity contribution in [2.75, 3.05) is 6.54 Å². The molecular weight excluding hydrogens is 278 g/mol. The molecule has 0 unspecified atom stereocenters. The van der Waals surface area contributed by atoms with Gasteiger partial charge in [0.1, 0.15) is 5.65 Å². The number of rotatable bonds is 3. The zero-order chi connectivity index (χ0) is 14.9. The number of aromatic nitrogens is 4. The van der Waals surface area contributed by atoms with Crippen LogP contribution in [0.2, 0.25) is 0 Å². The van der Waals surface area contributed by atoms with E-state index in [0.717, 1.165) is 36.7 Å². The van der Waals surface area contributed by atoms with E-state index in [0.29, 0.717) is 5.82 Å². The summed E-state index contributed by atoms with van der Waals surface area (Å²) in [7, 11) is 0. The fourth-order valence-corrected chi connectivity index (χ4v) is 3.18. The van der Waals surface area contributed by atoms with Crippen molar-refractivity contribution < 1.29 is 4.52 Å². The normalized spacial score (nSPS) is 19.8. The minimum atomic E-state index is 0.208. The highest BCUT2D eigenvalue weighted by Gasteiger charge is 2.28. The Morgan fingerprint density at radius 3 is 3.05 bits per heavy atom. The summed E-state index contributed by atoms with van der Waals surface area (Å²) >= 11 is 0. The summed E-state index contributed by atoms with van der Waals surface area (Å²) in [6.07, 6.45) is 7.60. The third-order valence-electron chi connectivity index (χ3n) is 4.22. The Kier molecular flexibility index (Phi) is 3.38. The standard InChI is InChI=1S/C16H19N5O/c1-12-17-16(22-19-12)14-6-2-4-8-20(14)10-13-11-21-9-5-3-7-15(21)18-13/h3,5,7,9,11,14H,2,4,6,8,10H2,1H3/t14-/m1/s1. The van der Waals surface area contributed by atoms with Crippen LogP contribution in [-0.4, -0.2) is 31.0 Å². The second kappa shape index (κ2) is 5.53. The van der Waals surface area contributed by atoms with E-state index in [-0.39, 0.29) is 6.04 Å². The molecule has 6 nitrogen and oxygen atoms in total. The molecule has 114 valence electrons. The van der Waals surface area contributed by atoms with Gasteiger partial charge in [0.15, 0.2) is 5.82 Å². The van der Waals surface area contributed by atoms with Gasteiger partial charge in [-0.05, 0) is 38.4 Å². The van der Waals surface area contributed by atoms with Crippen molar-refractivity contribution in [3.63, 3.8) is 0 Å². The van der Waals surface area contributed by atoms with Gasteiger partial charge in [0.2, 0.25) is 5.89 Å². The lowest BCUT2D eigenvalue weighted by atomic mass is 10.0. The van der Waals surface area contributed by atoms with Crippen molar-refractivity contribution in [3.8, 4) is 0 Å². The lowest BCUT2D eigenvalue weighted by molar-refractivity contribution is 0.110. The highest BCUT2D eigenvalue weighted by Crippen LogP contribution is 2.31. The molecule has 0 amide bonds. The first kappa shape index (κ1) is 13.5. The van der Waals surface area contributed by atoms with Crippen LogP contribution in [0.1, 0.15) is 42.7 Å². The minimum Gasteiger partial charge on any atom is -0.338 e. The SMILES string of the molecule is Cc1noc([C@H]2CCCCN2Cc2cn3ccccc3n2)n1. The maximum Gasteiger partial charge on any atom is 0.243 e. The molecule has 22 heavy (non-hydrogen) atoms. The minimum absolute atomic E-state index is 0.208. The third kappa shape index (κ3) is 2.50. The molecule has 0 N–H and O–H groups in total. The smallest absolute Gasteiger partial charge is 0.243 e. The van der Waals surface area contributed by atoms with Crippen molar-refractivity contribution in [1.29, 1.82) is 0 Å². The van der Waals surface area contributed by atoms with Crippen molar-refractivity contribution in [2.24, 2.45) is 0 Å². The van der Waals surface area contributed by atoms with E-state index in [1.807, 2.05) is 31.3 Å². The predicted molar refractivity (Wildman–Crippen MR) is 81.2 cm³/mol. The Morgan fingerprint density at radius 2 is 2.23 bits per heavy atom. The maximum absolute atomic E-state index is 5.40. The Bertz CT molecular complexity index is 745. The number of nitrogens with zero attached hydrogens (tertiary/aromatic N) is 5. The summed E-state index contributed by atoms with van der Waals surface area (Å²) in [5.41, 5.74) is 2.06. The van der Waals surface area contributed by atoms with Gasteiger partial charge in [0, 0.05) is 18.9 Å². The summed E-state index contributed by atoms with van der Waals surface area (Å²) in [5, 5.41) is 3.94. The summed E-state index contributed by atoms with van der Waals surface area (Å²) in [5.74, 6) is 1.44. The van der Waals surface area contributed by atoms with E-state index >= 15 is 0 Å². The molecule has 0 aromatic carbocycles. The Morgan fingerprint density at radius 1 is 1.27 bits per heavy atom. The quantitative estimate of drug-likeness (QED) is 0.744. The topological polar surface area (TPSA) is 59.5 Å². The molecule has 1 aliphatic rings. The van der Waals surface area contributed by atoms with Crippen molar-refractivity contribution in [3.05, 3.63) is 48.0 Å². The van der Waals surface area contributed by atoms with Gasteiger partial charge >= 0.3 is 0 Å². The Balaban J connectivity index is 1.59. The molecule has 0 spiro atoms. The molecule has 3 aromatic heterocycles. The molecule has 1 atom stereocenters. The van der Waals surface area contributed by atoms with Gasteiger partial charge in [-0.2, -0.15) is 4.98 Å². The molecule has 1 aliphatic heterocycles. The van der Waals surface area contributed by atoms with E-state index in [4.69, 9.17) is 9.51 Å². The average Bonchev–Trinajstić information content (AvgIpc) is 3.13. The molecule has 0 saturated carbocycles. The molecule has 1 saturated heterocycles. The summed E-state index contributed by atoms with van der Waals surface area (Å²) < 4.78 is 7.46. The van der Waals surface area contributed by atoms with Gasteiger partial charge in [-0.3, -0.25) is 4.90 Å². The van der Waals surface area contributed by atoms with Gasteiger partial charge < -0.3 is 8.92 Å². The number of fused-ring (bicyclic) bond motifs is 1. The van der Waals surface area contributed by atoms with Crippen LogP contribution in [0.5, 0.6) is 0 Å². The molecule has 6 heteroatoms. The van der Waals surface area contributed by atoms with Crippen LogP contribution < -0.4 is 0 Å². The second-order valence-corrected chi connectivity index (χ2v) is 5.86. The lowest BCUT2D eigenvalue weighted by Gasteiger charge is -2.32. The average molecular weight is 297 g/mol. The molecule has 1 fully saturated rings. The van der Waals surface area contributed by atoms with E-state index in [1.54, 1.807) is 0 Å². The van der Waals surface area contributed by atoms with Gasteiger partial charge in [-0.25, -0.2) is 4.98 Å². The van der Waals surface area contributed by atoms with Crippen molar-refractivity contribution >= 4 is 5.65 Å². The van der Waals surface area contributed by atoms with Crippen LogP contribution in [0.25, 0.3) is 5.65 Å². The molecule has 0 radical (unpaired) electrons. The molecule has 4 heterocycles. The summed E-state index contributed by atoms with van der Waals surface area (Å²) in [6.45, 7) is 3.72. The van der Waals surface area contributed by atoms with E-state index < -0.39 is 0 Å². The van der Waals surface area contributed by atoms with Gasteiger partial charge in [0.05, 0.1) is 11.7 Å². The number of piperidine rings is 1. The fourth-order valence-electron chi connectivity index (χ4n) is 3.18. The van der Waals surface area contributed by atoms with Crippen LogP contribution in [0.15, 0.2) is 35.1 Å². The highest BCUT2D eigenvalue weighted by molar-refractivity contribution is 5.39. The summed E-state index contributed by atoms with van der Waals surface area (Å²) in [4.78, 5) is 11.5. The van der Waals surface area contributed by atoms with Crippen LogP contribution in [0.4, 0.5) is 0 Å². The Hall–Kier alpha value is -2.21. The van der Waals surface area contributed by atoms with Crippen LogP contribution >= 0.6 is 0 Å². The fraction of sp³-hybridized carbons (Fsp3) is 0.438. The molecule has 3 aromatic rings. The number of hydrogen-bond acceptors (Lipinski definition) is 5. The molecule has 0 aliphatic carbocycles. The molecular formula is C16H19N5O. The number of aryl methyl sites for hydroxylation is 1. The van der Waals surface area contributed by atoms with Crippen LogP contribution in [-0.2, 0) is 6.54 Å². The third-order valence-corrected chi connectivity index (χ3v) is 4.22. The van der Waals surface area contributed by atoms with Crippen LogP contribution in [0.3, 0.4) is 0 Å². The van der Waals surface area contributed by atoms with Crippen molar-refractivity contribution in [2.45, 2.75) is 38.8 Å². The maximum atomic E-state index is 5.40. The van der Waals surface area contributed by atoms with E-state index in [9.17, 15) is 0 Å².